The summed E-state index contributed by atoms with van der Waals surface area (Å²) in [4.78, 5) is 3.69. The molecule has 0 bridgehead atoms. The van der Waals surface area contributed by atoms with E-state index < -0.39 is 27.0 Å². The lowest BCUT2D eigenvalue weighted by molar-refractivity contribution is 0.146. The van der Waals surface area contributed by atoms with Crippen LogP contribution in [0.25, 0.3) is 16.8 Å². The van der Waals surface area contributed by atoms with E-state index >= 15 is 0 Å². The van der Waals surface area contributed by atoms with Gasteiger partial charge in [0, 0.05) is 28.6 Å². The van der Waals surface area contributed by atoms with Crippen LogP contribution < -0.4 is 4.74 Å². The van der Waals surface area contributed by atoms with Crippen molar-refractivity contribution in [2.75, 3.05) is 13.4 Å². The van der Waals surface area contributed by atoms with Crippen molar-refractivity contribution in [3.8, 4) is 16.9 Å². The predicted molar refractivity (Wildman–Crippen MR) is 115 cm³/mol. The van der Waals surface area contributed by atoms with E-state index in [0.29, 0.717) is 35.4 Å². The number of rotatable bonds is 7. The second-order valence-corrected chi connectivity index (χ2v) is 9.30. The first-order valence-electron chi connectivity index (χ1n) is 9.83. The molecule has 0 unspecified atom stereocenters. The minimum atomic E-state index is -3.76. The van der Waals surface area contributed by atoms with Crippen LogP contribution in [0.3, 0.4) is 0 Å². The molecule has 3 aromatic heterocycles. The summed E-state index contributed by atoms with van der Waals surface area (Å²) >= 11 is 0. The van der Waals surface area contributed by atoms with Crippen LogP contribution in [0.2, 0.25) is 0 Å². The van der Waals surface area contributed by atoms with Gasteiger partial charge in [0.05, 0.1) is 7.11 Å². The number of nitrogens with zero attached hydrogens (tertiary/aromatic N) is 4. The number of alkyl halides is 2. The van der Waals surface area contributed by atoms with Gasteiger partial charge in [-0.25, -0.2) is 26.6 Å². The van der Waals surface area contributed by atoms with Crippen molar-refractivity contribution in [2.24, 2.45) is 0 Å². The largest absolute Gasteiger partial charge is 0.496 e. The summed E-state index contributed by atoms with van der Waals surface area (Å²) in [6, 6.07) is 10.4. The lowest BCUT2D eigenvalue weighted by Crippen LogP contribution is -2.06. The van der Waals surface area contributed by atoms with Crippen molar-refractivity contribution in [1.82, 2.24) is 19.6 Å². The molecule has 7 nitrogen and oxygen atoms in total. The fraction of sp³-hybridized carbons (Fsp3) is 0.227. The number of benzene rings is 1. The molecule has 33 heavy (non-hydrogen) atoms. The van der Waals surface area contributed by atoms with Crippen LogP contribution in [-0.2, 0) is 22.7 Å². The van der Waals surface area contributed by atoms with E-state index in [4.69, 9.17) is 4.74 Å². The Hall–Kier alpha value is -3.47. The lowest BCUT2D eigenvalue weighted by atomic mass is 10.0. The highest BCUT2D eigenvalue weighted by atomic mass is 32.2. The van der Waals surface area contributed by atoms with Gasteiger partial charge in [0.25, 0.3) is 6.43 Å². The van der Waals surface area contributed by atoms with Gasteiger partial charge in [0.2, 0.25) is 0 Å². The minimum absolute atomic E-state index is 0.0534. The maximum atomic E-state index is 14.3. The molecule has 0 spiro atoms. The van der Waals surface area contributed by atoms with Crippen LogP contribution in [0.5, 0.6) is 5.75 Å². The van der Waals surface area contributed by atoms with Crippen molar-refractivity contribution in [3.63, 3.8) is 0 Å². The van der Waals surface area contributed by atoms with Gasteiger partial charge in [-0.15, -0.1) is 10.2 Å². The van der Waals surface area contributed by atoms with Crippen molar-refractivity contribution < 1.29 is 26.3 Å². The number of fused-ring (bicyclic) bond motifs is 1. The number of hydrogen-bond acceptors (Lipinski definition) is 6. The molecule has 0 aliphatic heterocycles. The Morgan fingerprint density at radius 1 is 1.06 bits per heavy atom. The van der Waals surface area contributed by atoms with Crippen molar-refractivity contribution in [3.05, 3.63) is 71.6 Å². The number of halogens is 3. The molecule has 1 aromatic carbocycles. The average Bonchev–Trinajstić information content (AvgIpc) is 3.27. The van der Waals surface area contributed by atoms with Crippen LogP contribution in [0, 0.1) is 5.82 Å². The number of hydrogen-bond donors (Lipinski definition) is 0. The Bertz CT molecular complexity index is 1440. The van der Waals surface area contributed by atoms with Crippen molar-refractivity contribution in [2.45, 2.75) is 24.3 Å². The monoisotopic (exact) mass is 476 g/mol. The molecule has 0 atom stereocenters. The molecular weight excluding hydrogens is 457 g/mol. The molecule has 0 amide bonds. The molecule has 172 valence electrons. The molecule has 4 rings (SSSR count). The smallest absolute Gasteiger partial charge is 0.281 e. The molecule has 0 aliphatic rings. The zero-order valence-electron chi connectivity index (χ0n) is 17.7. The zero-order chi connectivity index (χ0) is 23.8. The van der Waals surface area contributed by atoms with E-state index in [0.717, 1.165) is 11.9 Å². The molecule has 11 heteroatoms. The first-order valence-corrected chi connectivity index (χ1v) is 11.7. The van der Waals surface area contributed by atoms with Crippen molar-refractivity contribution >= 4 is 15.5 Å². The normalized spacial score (nSPS) is 11.9. The van der Waals surface area contributed by atoms with Gasteiger partial charge in [0.15, 0.2) is 20.5 Å². The minimum Gasteiger partial charge on any atom is -0.496 e. The summed E-state index contributed by atoms with van der Waals surface area (Å²) in [5, 5.41) is 7.52. The van der Waals surface area contributed by atoms with E-state index in [1.54, 1.807) is 28.7 Å². The number of aromatic nitrogens is 4. The Balaban J connectivity index is 1.75. The maximum Gasteiger partial charge on any atom is 0.281 e. The van der Waals surface area contributed by atoms with Gasteiger partial charge in [-0.2, -0.15) is 0 Å². The van der Waals surface area contributed by atoms with Crippen molar-refractivity contribution in [1.29, 1.82) is 0 Å². The number of ether oxygens (including phenoxy) is 1. The van der Waals surface area contributed by atoms with E-state index in [9.17, 15) is 21.6 Å². The first-order chi connectivity index (χ1) is 15.7. The molecule has 0 saturated heterocycles. The molecule has 0 fully saturated rings. The molecule has 0 aliphatic carbocycles. The molecular formula is C22H19F3N4O3S. The molecule has 3 heterocycles. The van der Waals surface area contributed by atoms with Gasteiger partial charge in [-0.3, -0.25) is 4.40 Å². The van der Waals surface area contributed by atoms with E-state index in [-0.39, 0.29) is 11.4 Å². The Kier molecular flexibility index (Phi) is 6.07. The topological polar surface area (TPSA) is 86.5 Å². The van der Waals surface area contributed by atoms with Crippen LogP contribution in [-0.4, -0.2) is 41.4 Å². The summed E-state index contributed by atoms with van der Waals surface area (Å²) in [6.07, 6.45) is 0.0693. The fourth-order valence-corrected chi connectivity index (χ4v) is 4.24. The summed E-state index contributed by atoms with van der Waals surface area (Å²) in [5.74, 6) is 0.0508. The van der Waals surface area contributed by atoms with E-state index in [1.165, 1.54) is 31.6 Å². The fourth-order valence-electron chi connectivity index (χ4n) is 3.66. The lowest BCUT2D eigenvalue weighted by Gasteiger charge is -2.13. The Labute approximate surface area is 187 Å². The molecule has 0 radical (unpaired) electrons. The van der Waals surface area contributed by atoms with Gasteiger partial charge in [-0.1, -0.05) is 6.07 Å². The van der Waals surface area contributed by atoms with Crippen LogP contribution in [0.1, 0.15) is 23.4 Å². The first kappa shape index (κ1) is 22.7. The molecule has 4 aromatic rings. The third kappa shape index (κ3) is 4.40. The summed E-state index contributed by atoms with van der Waals surface area (Å²) in [5.41, 5.74) is 1.16. The predicted octanol–water partition coefficient (Wildman–Crippen LogP) is 4.07. The number of sulfone groups is 1. The highest BCUT2D eigenvalue weighted by Gasteiger charge is 2.23. The second-order valence-electron chi connectivity index (χ2n) is 7.34. The highest BCUT2D eigenvalue weighted by Crippen LogP contribution is 2.33. The third-order valence-electron chi connectivity index (χ3n) is 5.24. The van der Waals surface area contributed by atoms with Gasteiger partial charge in [-0.05, 0) is 49.2 Å². The molecule has 0 saturated carbocycles. The van der Waals surface area contributed by atoms with Crippen LogP contribution in [0.4, 0.5) is 13.2 Å². The Morgan fingerprint density at radius 3 is 2.52 bits per heavy atom. The third-order valence-corrected chi connectivity index (χ3v) is 6.23. The number of pyridine rings is 2. The Morgan fingerprint density at radius 2 is 1.82 bits per heavy atom. The molecule has 0 N–H and O–H groups in total. The highest BCUT2D eigenvalue weighted by molar-refractivity contribution is 7.90. The standard InChI is InChI=1S/C22H19F3N4O3S/c1-32-18-5-3-4-17(23)16(18)9-7-13-6-8-15(22-28-26-12-29(13)22)14-10-11-19(33(2,30)31)27-20(14)21(24)25/h3-6,8,10-12,21H,7,9H2,1-2H3. The summed E-state index contributed by atoms with van der Waals surface area (Å²) in [6.45, 7) is 0. The second kappa shape index (κ2) is 8.81. The summed E-state index contributed by atoms with van der Waals surface area (Å²) < 4.78 is 72.2. The quantitative estimate of drug-likeness (QED) is 0.400. The maximum absolute atomic E-state index is 14.3. The number of aryl methyl sites for hydroxylation is 1. The SMILES string of the molecule is COc1cccc(F)c1CCc1ccc(-c2ccc(S(C)(=O)=O)nc2C(F)F)c2nncn12. The number of methoxy groups -OCH3 is 1. The van der Waals surface area contributed by atoms with E-state index in [1.807, 2.05) is 0 Å². The van der Waals surface area contributed by atoms with Crippen LogP contribution >= 0.6 is 0 Å². The van der Waals surface area contributed by atoms with Gasteiger partial charge >= 0.3 is 0 Å². The summed E-state index contributed by atoms with van der Waals surface area (Å²) in [7, 11) is -2.29. The average molecular weight is 476 g/mol. The zero-order valence-corrected chi connectivity index (χ0v) is 18.5. The van der Waals surface area contributed by atoms with Crippen LogP contribution in [0.15, 0.2) is 53.8 Å². The van der Waals surface area contributed by atoms with E-state index in [2.05, 4.69) is 15.2 Å². The van der Waals surface area contributed by atoms with Gasteiger partial charge < -0.3 is 4.74 Å². The van der Waals surface area contributed by atoms with Gasteiger partial charge in [0.1, 0.15) is 23.6 Å².